The molecule has 2 heterocycles. The normalized spacial score (nSPS) is 16.0. The summed E-state index contributed by atoms with van der Waals surface area (Å²) in [7, 11) is 0. The molecule has 1 aliphatic heterocycles. The first-order valence-electron chi connectivity index (χ1n) is 10.9. The molecule has 1 fully saturated rings. The number of halogens is 3. The van der Waals surface area contributed by atoms with Crippen molar-refractivity contribution in [3.8, 4) is 5.69 Å². The van der Waals surface area contributed by atoms with Gasteiger partial charge in [0.25, 0.3) is 0 Å². The maximum Gasteiger partial charge on any atom is 0.410 e. The second-order valence-corrected chi connectivity index (χ2v) is 8.15. The molecule has 1 atom stereocenters. The molecule has 1 aromatic heterocycles. The molecule has 8 nitrogen and oxygen atoms in total. The zero-order valence-electron chi connectivity index (χ0n) is 18.9. The summed E-state index contributed by atoms with van der Waals surface area (Å²) in [6, 6.07) is 4.64. The van der Waals surface area contributed by atoms with Crippen molar-refractivity contribution in [3.05, 3.63) is 69.8 Å². The Balaban J connectivity index is 1.86. The molecule has 11 heteroatoms. The number of aromatic nitrogens is 1. The second-order valence-electron chi connectivity index (χ2n) is 8.15. The fraction of sp³-hybridized carbons (Fsp3) is 0.292. The third-order valence-electron chi connectivity index (χ3n) is 5.94. The Morgan fingerprint density at radius 1 is 1.09 bits per heavy atom. The fourth-order valence-corrected chi connectivity index (χ4v) is 4.26. The van der Waals surface area contributed by atoms with Crippen LogP contribution in [0.5, 0.6) is 0 Å². The van der Waals surface area contributed by atoms with E-state index in [0.717, 1.165) is 29.0 Å². The maximum atomic E-state index is 15.2. The lowest BCUT2D eigenvalue weighted by Gasteiger charge is -2.40. The molecule has 0 spiro atoms. The number of rotatable bonds is 4. The van der Waals surface area contributed by atoms with Crippen LogP contribution in [-0.4, -0.2) is 58.9 Å². The van der Waals surface area contributed by atoms with E-state index in [-0.39, 0.29) is 54.6 Å². The number of nitrogens with zero attached hydrogens (tertiary/aromatic N) is 3. The van der Waals surface area contributed by atoms with Gasteiger partial charge in [0.2, 0.25) is 5.43 Å². The third-order valence-corrected chi connectivity index (χ3v) is 5.94. The average Bonchev–Trinajstić information content (AvgIpc) is 2.79. The number of pyridine rings is 1. The number of amides is 1. The van der Waals surface area contributed by atoms with Crippen LogP contribution in [0.1, 0.15) is 24.2 Å². The van der Waals surface area contributed by atoms with Crippen LogP contribution in [0.4, 0.5) is 23.7 Å². The maximum absolute atomic E-state index is 15.2. The van der Waals surface area contributed by atoms with Crippen molar-refractivity contribution in [1.29, 1.82) is 0 Å². The number of benzene rings is 2. The Bertz CT molecular complexity index is 1390. The van der Waals surface area contributed by atoms with Gasteiger partial charge in [0, 0.05) is 43.3 Å². The standard InChI is InChI=1S/C24H22F3N3O5/c1-3-35-24(34)29-7-6-28(11-13(29)2)21-10-20-15(9-18(21)27)22(31)16(23(32)33)12-30(20)19-5-4-14(25)8-17(19)26/h4-5,8-10,12-13H,3,6-7,11H2,1-2H3,(H,32,33). The molecule has 0 saturated carbocycles. The van der Waals surface area contributed by atoms with E-state index in [1.165, 1.54) is 11.0 Å². The SMILES string of the molecule is CCOC(=O)N1CCN(c2cc3c(cc2F)c(=O)c(C(=O)O)cn3-c2ccc(F)cc2F)CC1C. The number of anilines is 1. The summed E-state index contributed by atoms with van der Waals surface area (Å²) in [5.74, 6) is -4.18. The Labute approximate surface area is 197 Å². The third kappa shape index (κ3) is 4.41. The summed E-state index contributed by atoms with van der Waals surface area (Å²) in [4.78, 5) is 39.8. The van der Waals surface area contributed by atoms with Crippen molar-refractivity contribution < 1.29 is 32.6 Å². The Morgan fingerprint density at radius 3 is 2.43 bits per heavy atom. The van der Waals surface area contributed by atoms with E-state index >= 15 is 4.39 Å². The number of hydrogen-bond donors (Lipinski definition) is 1. The molecule has 0 aliphatic carbocycles. The van der Waals surface area contributed by atoms with Gasteiger partial charge in [-0.25, -0.2) is 22.8 Å². The van der Waals surface area contributed by atoms with Crippen molar-refractivity contribution in [1.82, 2.24) is 9.47 Å². The van der Waals surface area contributed by atoms with E-state index < -0.39 is 40.5 Å². The molecule has 1 unspecified atom stereocenters. The number of carboxylic acids is 1. The van der Waals surface area contributed by atoms with E-state index in [9.17, 15) is 28.3 Å². The van der Waals surface area contributed by atoms with Crippen LogP contribution < -0.4 is 10.3 Å². The molecule has 35 heavy (non-hydrogen) atoms. The highest BCUT2D eigenvalue weighted by atomic mass is 19.1. The molecular weight excluding hydrogens is 467 g/mol. The minimum absolute atomic E-state index is 0.0439. The molecule has 1 saturated heterocycles. The highest BCUT2D eigenvalue weighted by molar-refractivity contribution is 5.94. The zero-order chi connectivity index (χ0) is 25.4. The highest BCUT2D eigenvalue weighted by Gasteiger charge is 2.30. The van der Waals surface area contributed by atoms with E-state index in [0.29, 0.717) is 6.07 Å². The molecule has 1 N–H and O–H groups in total. The van der Waals surface area contributed by atoms with E-state index in [4.69, 9.17) is 4.74 Å². The predicted octanol–water partition coefficient (Wildman–Crippen LogP) is 3.77. The van der Waals surface area contributed by atoms with Crippen LogP contribution in [0.15, 0.2) is 41.3 Å². The molecule has 2 aromatic carbocycles. The predicted molar refractivity (Wildman–Crippen MR) is 122 cm³/mol. The first kappa shape index (κ1) is 24.1. The van der Waals surface area contributed by atoms with Crippen molar-refractivity contribution >= 4 is 28.7 Å². The fourth-order valence-electron chi connectivity index (χ4n) is 4.26. The van der Waals surface area contributed by atoms with Gasteiger partial charge < -0.3 is 24.2 Å². The van der Waals surface area contributed by atoms with Gasteiger partial charge >= 0.3 is 12.1 Å². The molecule has 3 aromatic rings. The molecule has 0 bridgehead atoms. The lowest BCUT2D eigenvalue weighted by Crippen LogP contribution is -2.54. The van der Waals surface area contributed by atoms with Crippen molar-refractivity contribution in [3.63, 3.8) is 0 Å². The second kappa shape index (κ2) is 9.32. The lowest BCUT2D eigenvalue weighted by molar-refractivity contribution is 0.0694. The molecular formula is C24H22F3N3O5. The van der Waals surface area contributed by atoms with Gasteiger partial charge in [0.05, 0.1) is 23.5 Å². The molecule has 1 amide bonds. The zero-order valence-corrected chi connectivity index (χ0v) is 18.9. The van der Waals surface area contributed by atoms with Crippen LogP contribution in [0.3, 0.4) is 0 Å². The van der Waals surface area contributed by atoms with Crippen molar-refractivity contribution in [2.45, 2.75) is 19.9 Å². The smallest absolute Gasteiger partial charge is 0.410 e. The van der Waals surface area contributed by atoms with Crippen LogP contribution in [0.25, 0.3) is 16.6 Å². The van der Waals surface area contributed by atoms with Crippen LogP contribution in [0, 0.1) is 17.5 Å². The first-order valence-corrected chi connectivity index (χ1v) is 10.9. The topological polar surface area (TPSA) is 92.1 Å². The van der Waals surface area contributed by atoms with Crippen LogP contribution >= 0.6 is 0 Å². The quantitative estimate of drug-likeness (QED) is 0.600. The number of aromatic carboxylic acids is 1. The average molecular weight is 489 g/mol. The minimum Gasteiger partial charge on any atom is -0.477 e. The first-order chi connectivity index (χ1) is 16.6. The molecule has 4 rings (SSSR count). The largest absolute Gasteiger partial charge is 0.477 e. The number of hydrogen-bond acceptors (Lipinski definition) is 5. The summed E-state index contributed by atoms with van der Waals surface area (Å²) in [6.07, 6.45) is 0.465. The van der Waals surface area contributed by atoms with E-state index in [2.05, 4.69) is 0 Å². The number of carboxylic acid groups (broad SMARTS) is 1. The lowest BCUT2D eigenvalue weighted by atomic mass is 10.1. The number of carbonyl (C=O) groups is 2. The monoisotopic (exact) mass is 489 g/mol. The van der Waals surface area contributed by atoms with Gasteiger partial charge in [0.15, 0.2) is 0 Å². The summed E-state index contributed by atoms with van der Waals surface area (Å²) in [6.45, 7) is 4.47. The van der Waals surface area contributed by atoms with E-state index in [1.807, 2.05) is 0 Å². The van der Waals surface area contributed by atoms with Gasteiger partial charge in [-0.2, -0.15) is 0 Å². The van der Waals surface area contributed by atoms with Crippen LogP contribution in [0.2, 0.25) is 0 Å². The summed E-state index contributed by atoms with van der Waals surface area (Å²) < 4.78 is 49.5. The minimum atomic E-state index is -1.57. The summed E-state index contributed by atoms with van der Waals surface area (Å²) in [5, 5.41) is 9.19. The van der Waals surface area contributed by atoms with Gasteiger partial charge in [-0.3, -0.25) is 4.79 Å². The number of piperazine rings is 1. The molecule has 0 radical (unpaired) electrons. The van der Waals surface area contributed by atoms with Crippen LogP contribution in [-0.2, 0) is 4.74 Å². The Hall–Kier alpha value is -4.02. The van der Waals surface area contributed by atoms with Gasteiger partial charge in [-0.1, -0.05) is 0 Å². The van der Waals surface area contributed by atoms with Crippen molar-refractivity contribution in [2.75, 3.05) is 31.1 Å². The molecule has 184 valence electrons. The number of fused-ring (bicyclic) bond motifs is 1. The summed E-state index contributed by atoms with van der Waals surface area (Å²) >= 11 is 0. The number of ether oxygens (including phenoxy) is 1. The summed E-state index contributed by atoms with van der Waals surface area (Å²) in [5.41, 5.74) is -1.70. The Kier molecular flexibility index (Phi) is 6.42. The molecule has 1 aliphatic rings. The highest BCUT2D eigenvalue weighted by Crippen LogP contribution is 2.29. The van der Waals surface area contributed by atoms with Gasteiger partial charge in [0.1, 0.15) is 23.0 Å². The van der Waals surface area contributed by atoms with E-state index in [1.54, 1.807) is 18.7 Å². The Morgan fingerprint density at radius 2 is 1.80 bits per heavy atom. The van der Waals surface area contributed by atoms with Gasteiger partial charge in [-0.05, 0) is 38.1 Å². The van der Waals surface area contributed by atoms with Gasteiger partial charge in [-0.15, -0.1) is 0 Å². The number of carbonyl (C=O) groups excluding carboxylic acids is 1. The van der Waals surface area contributed by atoms with Crippen molar-refractivity contribution in [2.24, 2.45) is 0 Å².